The fraction of sp³-hybridized carbons (Fsp3) is 0.167. The van der Waals surface area contributed by atoms with Crippen LogP contribution in [0.15, 0.2) is 29.3 Å². The molecular weight excluding hydrogens is 268 g/mol. The Balaban J connectivity index is 2.49. The first kappa shape index (κ1) is 10.9. The van der Waals surface area contributed by atoms with Crippen molar-refractivity contribution in [2.45, 2.75) is 6.42 Å². The summed E-state index contributed by atoms with van der Waals surface area (Å²) in [5.74, 6) is 6.01. The normalized spacial score (nSPS) is 9.81. The molecular formula is C12H9BrN2O. The second kappa shape index (κ2) is 4.95. The summed E-state index contributed by atoms with van der Waals surface area (Å²) in [5.41, 5.74) is 1.40. The van der Waals surface area contributed by atoms with Crippen LogP contribution in [0.1, 0.15) is 12.0 Å². The van der Waals surface area contributed by atoms with Crippen LogP contribution in [0.5, 0.6) is 0 Å². The number of nitrogens with one attached hydrogen (secondary N) is 1. The van der Waals surface area contributed by atoms with Gasteiger partial charge in [0.2, 0.25) is 0 Å². The van der Waals surface area contributed by atoms with E-state index in [1.54, 1.807) is 6.07 Å². The molecule has 0 fully saturated rings. The molecule has 1 aromatic heterocycles. The molecule has 3 nitrogen and oxygen atoms in total. The van der Waals surface area contributed by atoms with Gasteiger partial charge < -0.3 is 4.98 Å². The molecule has 80 valence electrons. The Hall–Kier alpha value is -1.60. The molecule has 0 spiro atoms. The van der Waals surface area contributed by atoms with Crippen molar-refractivity contribution < 1.29 is 0 Å². The van der Waals surface area contributed by atoms with E-state index < -0.39 is 0 Å². The predicted molar refractivity (Wildman–Crippen MR) is 67.7 cm³/mol. The van der Waals surface area contributed by atoms with Crippen LogP contribution in [0.2, 0.25) is 0 Å². The lowest BCUT2D eigenvalue weighted by Gasteiger charge is -1.95. The lowest BCUT2D eigenvalue weighted by molar-refractivity contribution is 1.17. The van der Waals surface area contributed by atoms with E-state index in [4.69, 9.17) is 0 Å². The van der Waals surface area contributed by atoms with Gasteiger partial charge in [0, 0.05) is 17.3 Å². The molecule has 2 rings (SSSR count). The van der Waals surface area contributed by atoms with Gasteiger partial charge in [-0.25, -0.2) is 4.98 Å². The molecule has 0 aliphatic carbocycles. The van der Waals surface area contributed by atoms with Gasteiger partial charge >= 0.3 is 0 Å². The monoisotopic (exact) mass is 276 g/mol. The first-order valence-electron chi connectivity index (χ1n) is 4.83. The van der Waals surface area contributed by atoms with Crippen LogP contribution in [0.25, 0.3) is 10.9 Å². The third-order valence-corrected chi connectivity index (χ3v) is 2.49. The molecule has 0 saturated carbocycles. The highest BCUT2D eigenvalue weighted by atomic mass is 79.9. The quantitative estimate of drug-likeness (QED) is 0.640. The Labute approximate surface area is 101 Å². The summed E-state index contributed by atoms with van der Waals surface area (Å²) < 4.78 is 0. The summed E-state index contributed by atoms with van der Waals surface area (Å²) in [6.45, 7) is 0. The van der Waals surface area contributed by atoms with E-state index in [-0.39, 0.29) is 5.56 Å². The number of H-pyrrole nitrogens is 1. The maximum absolute atomic E-state index is 11.5. The second-order valence-corrected chi connectivity index (χ2v) is 4.00. The minimum absolute atomic E-state index is 0.130. The molecule has 16 heavy (non-hydrogen) atoms. The smallest absolute Gasteiger partial charge is 0.258 e. The van der Waals surface area contributed by atoms with Crippen molar-refractivity contribution in [1.29, 1.82) is 0 Å². The summed E-state index contributed by atoms with van der Waals surface area (Å²) in [7, 11) is 0. The van der Waals surface area contributed by atoms with Crippen LogP contribution in [0, 0.1) is 11.8 Å². The van der Waals surface area contributed by atoms with Gasteiger partial charge in [0.15, 0.2) is 0 Å². The average molecular weight is 277 g/mol. The zero-order valence-corrected chi connectivity index (χ0v) is 10.0. The Bertz CT molecular complexity index is 622. The molecule has 0 aliphatic rings. The molecule has 1 aromatic carbocycles. The highest BCUT2D eigenvalue weighted by Crippen LogP contribution is 2.08. The summed E-state index contributed by atoms with van der Waals surface area (Å²) in [6.07, 6.45) is 2.20. The number of hydrogen-bond acceptors (Lipinski definition) is 2. The van der Waals surface area contributed by atoms with Gasteiger partial charge in [-0.05, 0) is 18.2 Å². The molecule has 2 aromatic rings. The molecule has 0 amide bonds. The van der Waals surface area contributed by atoms with Crippen molar-refractivity contribution in [3.63, 3.8) is 0 Å². The van der Waals surface area contributed by atoms with Gasteiger partial charge in [-0.2, -0.15) is 0 Å². The van der Waals surface area contributed by atoms with Crippen LogP contribution in [0.3, 0.4) is 0 Å². The molecule has 4 heteroatoms. The number of alkyl halides is 1. The fourth-order valence-corrected chi connectivity index (χ4v) is 1.56. The number of halogens is 1. The van der Waals surface area contributed by atoms with Crippen molar-refractivity contribution >= 4 is 26.8 Å². The molecule has 0 unspecified atom stereocenters. The van der Waals surface area contributed by atoms with E-state index in [9.17, 15) is 4.79 Å². The first-order chi connectivity index (χ1) is 7.81. The number of aromatic nitrogens is 2. The van der Waals surface area contributed by atoms with E-state index in [0.29, 0.717) is 10.9 Å². The summed E-state index contributed by atoms with van der Waals surface area (Å²) in [4.78, 5) is 18.1. The number of hydrogen-bond donors (Lipinski definition) is 1. The summed E-state index contributed by atoms with van der Waals surface area (Å²) in [6, 6.07) is 5.45. The maximum atomic E-state index is 11.5. The van der Waals surface area contributed by atoms with Gasteiger partial charge in [0.1, 0.15) is 0 Å². The SMILES string of the molecule is O=c1[nH]cnc2ccc(C#CCCBr)cc12. The lowest BCUT2D eigenvalue weighted by atomic mass is 10.1. The molecule has 0 aliphatic heterocycles. The topological polar surface area (TPSA) is 45.8 Å². The predicted octanol–water partition coefficient (Wildman–Crippen LogP) is 2.06. The Morgan fingerprint density at radius 3 is 3.12 bits per heavy atom. The maximum Gasteiger partial charge on any atom is 0.258 e. The van der Waals surface area contributed by atoms with E-state index in [0.717, 1.165) is 17.3 Å². The Morgan fingerprint density at radius 1 is 1.44 bits per heavy atom. The van der Waals surface area contributed by atoms with Crippen molar-refractivity contribution in [2.24, 2.45) is 0 Å². The standard InChI is InChI=1S/C12H9BrN2O/c13-6-2-1-3-9-4-5-11-10(7-9)12(16)15-8-14-11/h4-5,7-8H,2,6H2,(H,14,15,16). The third kappa shape index (κ3) is 2.31. The van der Waals surface area contributed by atoms with Gasteiger partial charge in [-0.15, -0.1) is 0 Å². The van der Waals surface area contributed by atoms with Gasteiger partial charge in [-0.3, -0.25) is 4.79 Å². The van der Waals surface area contributed by atoms with Crippen LogP contribution in [-0.2, 0) is 0 Å². The highest BCUT2D eigenvalue weighted by Gasteiger charge is 1.98. The van der Waals surface area contributed by atoms with E-state index >= 15 is 0 Å². The van der Waals surface area contributed by atoms with Crippen molar-refractivity contribution in [3.8, 4) is 11.8 Å². The van der Waals surface area contributed by atoms with E-state index in [1.165, 1.54) is 6.33 Å². The number of fused-ring (bicyclic) bond motifs is 1. The number of nitrogens with zero attached hydrogens (tertiary/aromatic N) is 1. The fourth-order valence-electron chi connectivity index (χ4n) is 1.36. The zero-order chi connectivity index (χ0) is 11.4. The first-order valence-corrected chi connectivity index (χ1v) is 5.95. The van der Waals surface area contributed by atoms with Crippen LogP contribution in [0.4, 0.5) is 0 Å². The molecule has 0 saturated heterocycles. The van der Waals surface area contributed by atoms with Crippen molar-refractivity contribution in [3.05, 3.63) is 40.4 Å². The molecule has 0 radical (unpaired) electrons. The number of aromatic amines is 1. The summed E-state index contributed by atoms with van der Waals surface area (Å²) in [5, 5.41) is 1.43. The third-order valence-electron chi connectivity index (χ3n) is 2.09. The molecule has 1 heterocycles. The second-order valence-electron chi connectivity index (χ2n) is 3.20. The van der Waals surface area contributed by atoms with Gasteiger partial charge in [0.25, 0.3) is 5.56 Å². The van der Waals surface area contributed by atoms with E-state index in [2.05, 4.69) is 37.7 Å². The van der Waals surface area contributed by atoms with Gasteiger partial charge in [0.05, 0.1) is 17.2 Å². The average Bonchev–Trinajstić information content (AvgIpc) is 2.30. The molecule has 0 atom stereocenters. The zero-order valence-electron chi connectivity index (χ0n) is 8.46. The Morgan fingerprint density at radius 2 is 2.31 bits per heavy atom. The van der Waals surface area contributed by atoms with Crippen LogP contribution >= 0.6 is 15.9 Å². The van der Waals surface area contributed by atoms with Crippen LogP contribution < -0.4 is 5.56 Å². The summed E-state index contributed by atoms with van der Waals surface area (Å²) >= 11 is 3.31. The molecule has 0 bridgehead atoms. The van der Waals surface area contributed by atoms with E-state index in [1.807, 2.05) is 12.1 Å². The largest absolute Gasteiger partial charge is 0.313 e. The van der Waals surface area contributed by atoms with Crippen molar-refractivity contribution in [1.82, 2.24) is 9.97 Å². The number of rotatable bonds is 1. The highest BCUT2D eigenvalue weighted by molar-refractivity contribution is 9.09. The number of benzene rings is 1. The molecule has 1 N–H and O–H groups in total. The lowest BCUT2D eigenvalue weighted by Crippen LogP contribution is -2.06. The van der Waals surface area contributed by atoms with Crippen molar-refractivity contribution in [2.75, 3.05) is 5.33 Å². The Kier molecular flexibility index (Phi) is 3.37. The minimum Gasteiger partial charge on any atom is -0.313 e. The van der Waals surface area contributed by atoms with Crippen LogP contribution in [-0.4, -0.2) is 15.3 Å². The van der Waals surface area contributed by atoms with Gasteiger partial charge in [-0.1, -0.05) is 27.8 Å². The minimum atomic E-state index is -0.130.